The Morgan fingerprint density at radius 3 is 2.57 bits per heavy atom. The van der Waals surface area contributed by atoms with E-state index in [0.717, 1.165) is 16.7 Å². The normalized spacial score (nSPS) is 33.2. The summed E-state index contributed by atoms with van der Waals surface area (Å²) in [5.74, 6) is 2.00. The van der Waals surface area contributed by atoms with Crippen molar-refractivity contribution in [2.24, 2.45) is 11.8 Å². The van der Waals surface area contributed by atoms with Crippen molar-refractivity contribution >= 4 is 15.9 Å². The monoisotopic (exact) mass is 260 g/mol. The predicted octanol–water partition coefficient (Wildman–Crippen LogP) is 5.16. The second kappa shape index (κ2) is 6.87. The van der Waals surface area contributed by atoms with Gasteiger partial charge in [0.05, 0.1) is 0 Å². The molecule has 1 saturated carbocycles. The first-order chi connectivity index (χ1) is 6.77. The predicted molar refractivity (Wildman–Crippen MR) is 68.0 cm³/mol. The molecule has 0 bridgehead atoms. The lowest BCUT2D eigenvalue weighted by atomic mass is 9.78. The number of unbranched alkanes of at least 4 members (excludes halogenated alkanes) is 2. The van der Waals surface area contributed by atoms with Crippen LogP contribution in [0.4, 0.5) is 0 Å². The van der Waals surface area contributed by atoms with E-state index in [1.54, 1.807) is 0 Å². The number of hydrogen-bond acceptors (Lipinski definition) is 0. The van der Waals surface area contributed by atoms with Gasteiger partial charge < -0.3 is 0 Å². The zero-order valence-electron chi connectivity index (χ0n) is 9.77. The van der Waals surface area contributed by atoms with E-state index in [2.05, 4.69) is 29.8 Å². The minimum atomic E-state index is 0.821. The zero-order valence-corrected chi connectivity index (χ0v) is 11.4. The van der Waals surface area contributed by atoms with Gasteiger partial charge in [0.15, 0.2) is 0 Å². The van der Waals surface area contributed by atoms with E-state index in [1.165, 1.54) is 51.4 Å². The minimum absolute atomic E-state index is 0.821. The maximum absolute atomic E-state index is 3.86. The molecule has 0 aromatic carbocycles. The number of halogens is 1. The molecule has 0 nitrogen and oxygen atoms in total. The van der Waals surface area contributed by atoms with Gasteiger partial charge in [-0.25, -0.2) is 0 Å². The van der Waals surface area contributed by atoms with E-state index in [-0.39, 0.29) is 0 Å². The second-order valence-electron chi connectivity index (χ2n) is 4.86. The molecule has 0 spiro atoms. The molecule has 1 fully saturated rings. The van der Waals surface area contributed by atoms with Crippen LogP contribution < -0.4 is 0 Å². The summed E-state index contributed by atoms with van der Waals surface area (Å²) in [6, 6.07) is 0. The van der Waals surface area contributed by atoms with Crippen LogP contribution in [0.15, 0.2) is 0 Å². The van der Waals surface area contributed by atoms with Crippen LogP contribution in [-0.2, 0) is 0 Å². The molecule has 0 aliphatic heterocycles. The van der Waals surface area contributed by atoms with Crippen molar-refractivity contribution in [3.63, 3.8) is 0 Å². The van der Waals surface area contributed by atoms with E-state index < -0.39 is 0 Å². The summed E-state index contributed by atoms with van der Waals surface area (Å²) in [5.41, 5.74) is 0. The molecule has 0 saturated heterocycles. The van der Waals surface area contributed by atoms with Crippen LogP contribution in [-0.4, -0.2) is 4.83 Å². The van der Waals surface area contributed by atoms with Crippen LogP contribution in [0.5, 0.6) is 0 Å². The Morgan fingerprint density at radius 1 is 1.14 bits per heavy atom. The van der Waals surface area contributed by atoms with Gasteiger partial charge in [-0.1, -0.05) is 55.5 Å². The highest BCUT2D eigenvalue weighted by molar-refractivity contribution is 9.09. The first-order valence-electron chi connectivity index (χ1n) is 6.42. The Balaban J connectivity index is 2.25. The molecular formula is C13H25Br. The fourth-order valence-electron chi connectivity index (χ4n) is 2.65. The minimum Gasteiger partial charge on any atom is -0.0888 e. The molecule has 0 heterocycles. The van der Waals surface area contributed by atoms with Crippen LogP contribution in [0.3, 0.4) is 0 Å². The molecule has 1 heteroatoms. The molecule has 0 aromatic rings. The Morgan fingerprint density at radius 2 is 1.93 bits per heavy atom. The summed E-state index contributed by atoms with van der Waals surface area (Å²) in [6.07, 6.45) is 11.4. The third-order valence-corrected chi connectivity index (χ3v) is 4.96. The fraction of sp³-hybridized carbons (Fsp3) is 1.00. The molecule has 0 radical (unpaired) electrons. The van der Waals surface area contributed by atoms with Gasteiger partial charge in [-0.2, -0.15) is 0 Å². The van der Waals surface area contributed by atoms with E-state index in [9.17, 15) is 0 Å². The highest BCUT2D eigenvalue weighted by atomic mass is 79.9. The fourth-order valence-corrected chi connectivity index (χ4v) is 3.39. The molecule has 84 valence electrons. The summed E-state index contributed by atoms with van der Waals surface area (Å²) in [6.45, 7) is 4.64. The van der Waals surface area contributed by atoms with Gasteiger partial charge in [0, 0.05) is 4.83 Å². The summed E-state index contributed by atoms with van der Waals surface area (Å²) in [4.78, 5) is 0.821. The van der Waals surface area contributed by atoms with Crippen molar-refractivity contribution in [1.29, 1.82) is 0 Å². The van der Waals surface area contributed by atoms with Crippen LogP contribution in [0.1, 0.15) is 65.2 Å². The average molecular weight is 261 g/mol. The highest BCUT2D eigenvalue weighted by Gasteiger charge is 2.27. The molecule has 1 aliphatic rings. The van der Waals surface area contributed by atoms with Crippen molar-refractivity contribution in [3.8, 4) is 0 Å². The second-order valence-corrected chi connectivity index (χ2v) is 6.04. The van der Waals surface area contributed by atoms with Crippen molar-refractivity contribution in [1.82, 2.24) is 0 Å². The molecule has 1 rings (SSSR count). The summed E-state index contributed by atoms with van der Waals surface area (Å²) < 4.78 is 0. The van der Waals surface area contributed by atoms with E-state index in [1.807, 2.05) is 0 Å². The zero-order chi connectivity index (χ0) is 10.4. The third kappa shape index (κ3) is 3.92. The highest BCUT2D eigenvalue weighted by Crippen LogP contribution is 2.37. The Labute approximate surface area is 98.0 Å². The molecule has 14 heavy (non-hydrogen) atoms. The number of alkyl halides is 1. The third-order valence-electron chi connectivity index (χ3n) is 3.75. The van der Waals surface area contributed by atoms with Gasteiger partial charge in [0.2, 0.25) is 0 Å². The summed E-state index contributed by atoms with van der Waals surface area (Å²) in [7, 11) is 0. The van der Waals surface area contributed by atoms with E-state index >= 15 is 0 Å². The lowest BCUT2D eigenvalue weighted by Crippen LogP contribution is -2.24. The molecule has 3 unspecified atom stereocenters. The smallest absolute Gasteiger partial charge is 0.0174 e. The molecule has 0 N–H and O–H groups in total. The van der Waals surface area contributed by atoms with E-state index in [0.29, 0.717) is 0 Å². The number of hydrogen-bond donors (Lipinski definition) is 0. The largest absolute Gasteiger partial charge is 0.0888 e. The Hall–Kier alpha value is 0.480. The van der Waals surface area contributed by atoms with Crippen molar-refractivity contribution in [2.45, 2.75) is 70.0 Å². The van der Waals surface area contributed by atoms with Gasteiger partial charge in [-0.3, -0.25) is 0 Å². The van der Waals surface area contributed by atoms with Crippen LogP contribution in [0.2, 0.25) is 0 Å². The standard InChI is InChI=1S/C13H25Br/c1-3-5-6-7-12-10-11(4-2)8-9-13(12)14/h11-13H,3-10H2,1-2H3. The Kier molecular flexibility index (Phi) is 6.16. The maximum Gasteiger partial charge on any atom is 0.0174 e. The van der Waals surface area contributed by atoms with Crippen LogP contribution >= 0.6 is 15.9 Å². The van der Waals surface area contributed by atoms with Crippen molar-refractivity contribution in [3.05, 3.63) is 0 Å². The molecule has 1 aliphatic carbocycles. The molecular weight excluding hydrogens is 236 g/mol. The first-order valence-corrected chi connectivity index (χ1v) is 7.33. The van der Waals surface area contributed by atoms with Crippen molar-refractivity contribution in [2.75, 3.05) is 0 Å². The first kappa shape index (κ1) is 12.5. The number of rotatable bonds is 5. The summed E-state index contributed by atoms with van der Waals surface area (Å²) in [5, 5.41) is 0. The van der Waals surface area contributed by atoms with Gasteiger partial charge in [0.25, 0.3) is 0 Å². The summed E-state index contributed by atoms with van der Waals surface area (Å²) >= 11 is 3.86. The quantitative estimate of drug-likeness (QED) is 0.474. The SMILES string of the molecule is CCCCCC1CC(CC)CCC1Br. The molecule has 0 aromatic heterocycles. The van der Waals surface area contributed by atoms with E-state index in [4.69, 9.17) is 0 Å². The molecule has 0 amide bonds. The topological polar surface area (TPSA) is 0 Å². The lowest BCUT2D eigenvalue weighted by Gasteiger charge is -2.32. The Bertz CT molecular complexity index is 144. The van der Waals surface area contributed by atoms with Gasteiger partial charge in [0.1, 0.15) is 0 Å². The average Bonchev–Trinajstić information content (AvgIpc) is 2.21. The van der Waals surface area contributed by atoms with Crippen LogP contribution in [0, 0.1) is 11.8 Å². The maximum atomic E-state index is 3.86. The molecule has 3 atom stereocenters. The van der Waals surface area contributed by atoms with Crippen molar-refractivity contribution < 1.29 is 0 Å². The van der Waals surface area contributed by atoms with Gasteiger partial charge >= 0.3 is 0 Å². The van der Waals surface area contributed by atoms with Gasteiger partial charge in [-0.15, -0.1) is 0 Å². The lowest BCUT2D eigenvalue weighted by molar-refractivity contribution is 0.256. The van der Waals surface area contributed by atoms with Crippen LogP contribution in [0.25, 0.3) is 0 Å². The van der Waals surface area contributed by atoms with Gasteiger partial charge in [-0.05, 0) is 37.5 Å².